The first-order chi connectivity index (χ1) is 33.4. The molecule has 28 heteroatoms. The lowest BCUT2D eigenvalue weighted by Gasteiger charge is -2.06. The summed E-state index contributed by atoms with van der Waals surface area (Å²) in [6.07, 6.45) is 25.2. The van der Waals surface area contributed by atoms with Crippen LogP contribution in [-0.2, 0) is 28.2 Å². The Labute approximate surface area is 399 Å². The number of aromatic amines is 2. The molecule has 0 aliphatic carbocycles. The molecule has 0 radical (unpaired) electrons. The summed E-state index contributed by atoms with van der Waals surface area (Å²) in [6.45, 7) is 0. The maximum absolute atomic E-state index is 9.75. The van der Waals surface area contributed by atoms with Gasteiger partial charge >= 0.3 is 29.0 Å². The fraction of sp³-hybridized carbons (Fsp3) is 0.0909. The Morgan fingerprint density at radius 2 is 0.444 bits per heavy atom. The molecule has 7 aromatic heterocycles. The Morgan fingerprint density at radius 1 is 0.292 bits per heavy atom. The Balaban J connectivity index is 0.000000410. The highest BCUT2D eigenvalue weighted by Crippen LogP contribution is 2.38. The van der Waals surface area contributed by atoms with E-state index in [0.29, 0.717) is 0 Å². The van der Waals surface area contributed by atoms with Gasteiger partial charge in [-0.25, -0.2) is 28.2 Å². The first-order valence-electron chi connectivity index (χ1n) is 20.9. The minimum Gasteiger partial charge on any atom is -0.418 e. The number of nitrogens with zero attached hydrogens (tertiary/aromatic N) is 6. The second-order valence-corrected chi connectivity index (χ2v) is 15.5. The van der Waals surface area contributed by atoms with Gasteiger partial charge in [-0.3, -0.25) is 0 Å². The van der Waals surface area contributed by atoms with Crippen LogP contribution in [0.1, 0.15) is 22.8 Å². The van der Waals surface area contributed by atoms with Gasteiger partial charge in [0.15, 0.2) is 49.6 Å². The van der Waals surface area contributed by atoms with E-state index in [0.717, 1.165) is 89.4 Å². The fourth-order valence-corrected chi connectivity index (χ4v) is 7.09. The molecular formula is C44H38B4F16N8. The minimum atomic E-state index is -6.00. The van der Waals surface area contributed by atoms with Gasteiger partial charge in [-0.1, -0.05) is 0 Å². The first-order valence-corrected chi connectivity index (χ1v) is 20.9. The zero-order valence-corrected chi connectivity index (χ0v) is 37.9. The van der Waals surface area contributed by atoms with E-state index in [9.17, 15) is 69.1 Å². The molecule has 8 nitrogen and oxygen atoms in total. The number of rotatable bonds is 4. The second kappa shape index (κ2) is 22.6. The highest BCUT2D eigenvalue weighted by atomic mass is 19.5. The summed E-state index contributed by atoms with van der Waals surface area (Å²) in [6, 6.07) is 25.8. The quantitative estimate of drug-likeness (QED) is 0.105. The fourth-order valence-electron chi connectivity index (χ4n) is 7.09. The number of H-pyrrole nitrogens is 2. The van der Waals surface area contributed by atoms with E-state index in [1.165, 1.54) is 0 Å². The molecule has 0 unspecified atom stereocenters. The van der Waals surface area contributed by atoms with Gasteiger partial charge in [-0.15, -0.1) is 0 Å². The topological polar surface area (TPSA) is 72.9 Å². The van der Waals surface area contributed by atoms with Crippen molar-refractivity contribution in [2.75, 3.05) is 0 Å². The molecule has 378 valence electrons. The molecule has 2 aliphatic heterocycles. The summed E-state index contributed by atoms with van der Waals surface area (Å²) in [5, 5.41) is 0. The van der Waals surface area contributed by atoms with E-state index in [4.69, 9.17) is 9.97 Å². The molecule has 0 amide bonds. The molecule has 2 N–H and O–H groups in total. The zero-order chi connectivity index (χ0) is 53.3. The smallest absolute Gasteiger partial charge is 0.418 e. The highest BCUT2D eigenvalue weighted by molar-refractivity contribution is 6.51. The van der Waals surface area contributed by atoms with Crippen LogP contribution in [0.2, 0.25) is 0 Å². The van der Waals surface area contributed by atoms with Gasteiger partial charge in [-0.2, -0.15) is 0 Å². The third-order valence-corrected chi connectivity index (χ3v) is 9.82. The number of aromatic nitrogens is 8. The normalized spacial score (nSPS) is 12.1. The molecule has 0 fully saturated rings. The molecule has 2 aliphatic rings. The summed E-state index contributed by atoms with van der Waals surface area (Å²) >= 11 is 0. The van der Waals surface area contributed by atoms with Crippen LogP contribution in [0.15, 0.2) is 122 Å². The van der Waals surface area contributed by atoms with Crippen LogP contribution in [0, 0.1) is 0 Å². The van der Waals surface area contributed by atoms with Crippen molar-refractivity contribution in [3.05, 3.63) is 145 Å². The summed E-state index contributed by atoms with van der Waals surface area (Å²) in [5.74, 6) is 0. The van der Waals surface area contributed by atoms with Crippen molar-refractivity contribution in [1.82, 2.24) is 19.9 Å². The molecule has 0 atom stereocenters. The molecule has 9 heterocycles. The highest BCUT2D eigenvalue weighted by Gasteiger charge is 2.23. The Bertz CT molecular complexity index is 2760. The van der Waals surface area contributed by atoms with Crippen LogP contribution in [-0.4, -0.2) is 49.0 Å². The summed E-state index contributed by atoms with van der Waals surface area (Å²) in [5.41, 5.74) is 15.9. The molecular weight excluding hydrogens is 988 g/mol. The van der Waals surface area contributed by atoms with Crippen molar-refractivity contribution in [3.63, 3.8) is 0 Å². The van der Waals surface area contributed by atoms with Crippen molar-refractivity contribution in [2.45, 2.75) is 0 Å². The monoisotopic (exact) mass is 1030 g/mol. The van der Waals surface area contributed by atoms with E-state index in [1.807, 2.05) is 46.5 Å². The van der Waals surface area contributed by atoms with Crippen LogP contribution < -0.4 is 18.3 Å². The standard InChI is InChI=1S/C44H37N8.4BF4/c1-49-21-13-29(14-22-49)41-33-5-7-35(45-33)42(30-15-23-50(2)24-16-30)37-9-11-39(47-37)44(32-19-27-52(4)28-20-32)40-12-10-38(48-40)43(36-8-6-34(41)46-36)31-17-25-51(3)26-18-31;4*2-1(3,4)5/h5-28H,1-4H3,(H,45,46,47,48);;;;/q+3;4*-1/p+1. The van der Waals surface area contributed by atoms with Crippen LogP contribution in [0.25, 0.3) is 90.9 Å². The number of aryl methyl sites for hydroxylation is 4. The van der Waals surface area contributed by atoms with Gasteiger partial charge in [0.05, 0.1) is 22.8 Å². The van der Waals surface area contributed by atoms with Gasteiger partial charge in [0.25, 0.3) is 0 Å². The third kappa shape index (κ3) is 17.3. The molecule has 8 bridgehead atoms. The van der Waals surface area contributed by atoms with Gasteiger partial charge in [0.2, 0.25) is 0 Å². The lowest BCUT2D eigenvalue weighted by Crippen LogP contribution is -2.25. The van der Waals surface area contributed by atoms with Crippen LogP contribution in [0.5, 0.6) is 0 Å². The lowest BCUT2D eigenvalue weighted by atomic mass is 10.0. The predicted octanol–water partition coefficient (Wildman–Crippen LogP) is 11.8. The van der Waals surface area contributed by atoms with Crippen molar-refractivity contribution >= 4 is 75.4 Å². The largest absolute Gasteiger partial charge is 0.673 e. The van der Waals surface area contributed by atoms with Crippen LogP contribution in [0.4, 0.5) is 69.1 Å². The maximum atomic E-state index is 9.75. The van der Waals surface area contributed by atoms with Crippen molar-refractivity contribution in [1.29, 1.82) is 0 Å². The molecule has 0 saturated heterocycles. The number of hydrogen-bond acceptors (Lipinski definition) is 2. The average molecular weight is 1030 g/mol. The molecule has 9 rings (SSSR count). The number of halogens is 16. The van der Waals surface area contributed by atoms with Gasteiger partial charge in [0, 0.05) is 92.9 Å². The molecule has 7 aromatic rings. The lowest BCUT2D eigenvalue weighted by molar-refractivity contribution is -0.671. The summed E-state index contributed by atoms with van der Waals surface area (Å²) in [7, 11) is -15.9. The van der Waals surface area contributed by atoms with E-state index in [2.05, 4.69) is 157 Å². The average Bonchev–Trinajstić information content (AvgIpc) is 4.09. The Hall–Kier alpha value is -7.66. The van der Waals surface area contributed by atoms with E-state index in [1.54, 1.807) is 0 Å². The molecule has 0 aromatic carbocycles. The maximum Gasteiger partial charge on any atom is 0.673 e. The van der Waals surface area contributed by atoms with E-state index < -0.39 is 29.0 Å². The Kier molecular flexibility index (Phi) is 17.4. The summed E-state index contributed by atoms with van der Waals surface area (Å²) < 4.78 is 164. The minimum absolute atomic E-state index is 0.890. The van der Waals surface area contributed by atoms with Crippen molar-refractivity contribution in [3.8, 4) is 44.5 Å². The second-order valence-electron chi connectivity index (χ2n) is 15.5. The third-order valence-electron chi connectivity index (χ3n) is 9.82. The van der Waals surface area contributed by atoms with Gasteiger partial charge < -0.3 is 79.0 Å². The number of nitrogens with one attached hydrogen (secondary N) is 2. The molecule has 0 saturated carbocycles. The van der Waals surface area contributed by atoms with Crippen LogP contribution >= 0.6 is 0 Å². The first kappa shape index (κ1) is 55.3. The summed E-state index contributed by atoms with van der Waals surface area (Å²) in [4.78, 5) is 18.4. The Morgan fingerprint density at radius 3 is 0.597 bits per heavy atom. The zero-order valence-electron chi connectivity index (χ0n) is 37.9. The SMILES string of the molecule is C[n+]1ccc(-c2c3nc(c(-c4cc[n+](C)cc4)c4ccc([nH]4)c(-c4cc[n+](C)cc4)c4nc(c(-c5cc[n+](C)cc5)c5ccc2[nH]5)C=C4)C=C3)cc1.F[B-](F)(F)F.F[B-](F)(F)F.F[B-](F)(F)F.F[B-](F)(F)F. The molecule has 0 spiro atoms. The number of fused-ring (bicyclic) bond motifs is 8. The predicted molar refractivity (Wildman–Crippen MR) is 246 cm³/mol. The van der Waals surface area contributed by atoms with Gasteiger partial charge in [0.1, 0.15) is 28.2 Å². The van der Waals surface area contributed by atoms with Crippen molar-refractivity contribution < 1.29 is 87.3 Å². The number of pyridine rings is 4. The van der Waals surface area contributed by atoms with Crippen molar-refractivity contribution in [2.24, 2.45) is 28.2 Å². The van der Waals surface area contributed by atoms with Crippen LogP contribution in [0.3, 0.4) is 0 Å². The number of hydrogen-bond donors (Lipinski definition) is 2. The van der Waals surface area contributed by atoms with E-state index >= 15 is 0 Å². The van der Waals surface area contributed by atoms with E-state index in [-0.39, 0.29) is 0 Å². The van der Waals surface area contributed by atoms with Gasteiger partial charge in [-0.05, 0) is 70.8 Å². The molecule has 72 heavy (non-hydrogen) atoms.